The quantitative estimate of drug-likeness (QED) is 0.718. The molecule has 2 aromatic carbocycles. The molecule has 26 heavy (non-hydrogen) atoms. The second-order valence-corrected chi connectivity index (χ2v) is 6.22. The van der Waals surface area contributed by atoms with Gasteiger partial charge >= 0.3 is 0 Å². The summed E-state index contributed by atoms with van der Waals surface area (Å²) in [5, 5.41) is 0.489. The largest absolute Gasteiger partial charge is 0.478 e. The SMILES string of the molecule is COCCN1COc2ccc3c(=O)c(-c4ccc(F)cc4)coc3c2C1. The van der Waals surface area contributed by atoms with Gasteiger partial charge in [-0.15, -0.1) is 0 Å². The number of nitrogens with zero attached hydrogens (tertiary/aromatic N) is 1. The minimum absolute atomic E-state index is 0.144. The number of halogens is 1. The molecule has 0 N–H and O–H groups in total. The van der Waals surface area contributed by atoms with Crippen molar-refractivity contribution < 1.29 is 18.3 Å². The molecule has 0 unspecified atom stereocenters. The summed E-state index contributed by atoms with van der Waals surface area (Å²) < 4.78 is 29.9. The van der Waals surface area contributed by atoms with Crippen molar-refractivity contribution in [2.75, 3.05) is 27.0 Å². The van der Waals surface area contributed by atoms with E-state index in [0.717, 1.165) is 17.9 Å². The highest BCUT2D eigenvalue weighted by Gasteiger charge is 2.22. The van der Waals surface area contributed by atoms with Crippen molar-refractivity contribution in [3.8, 4) is 16.9 Å². The van der Waals surface area contributed by atoms with Crippen molar-refractivity contribution in [3.05, 3.63) is 64.3 Å². The molecule has 1 aliphatic rings. The van der Waals surface area contributed by atoms with Gasteiger partial charge in [-0.2, -0.15) is 0 Å². The first-order valence-electron chi connectivity index (χ1n) is 8.35. The van der Waals surface area contributed by atoms with E-state index in [2.05, 4.69) is 4.90 Å². The van der Waals surface area contributed by atoms with Crippen molar-refractivity contribution in [3.63, 3.8) is 0 Å². The van der Waals surface area contributed by atoms with Gasteiger partial charge in [0.25, 0.3) is 0 Å². The highest BCUT2D eigenvalue weighted by atomic mass is 19.1. The van der Waals surface area contributed by atoms with E-state index in [-0.39, 0.29) is 11.2 Å². The third-order valence-electron chi connectivity index (χ3n) is 4.55. The molecule has 5 nitrogen and oxygen atoms in total. The molecule has 134 valence electrons. The van der Waals surface area contributed by atoms with Crippen molar-refractivity contribution >= 4 is 11.0 Å². The monoisotopic (exact) mass is 355 g/mol. The van der Waals surface area contributed by atoms with Crippen LogP contribution >= 0.6 is 0 Å². The van der Waals surface area contributed by atoms with Crippen LogP contribution in [0.5, 0.6) is 5.75 Å². The van der Waals surface area contributed by atoms with Crippen molar-refractivity contribution in [2.45, 2.75) is 6.54 Å². The van der Waals surface area contributed by atoms with Crippen LogP contribution in [0.15, 0.2) is 51.9 Å². The van der Waals surface area contributed by atoms with Gasteiger partial charge < -0.3 is 13.9 Å². The summed E-state index contributed by atoms with van der Waals surface area (Å²) in [5.41, 5.74) is 2.27. The zero-order chi connectivity index (χ0) is 18.1. The predicted molar refractivity (Wildman–Crippen MR) is 95.7 cm³/mol. The van der Waals surface area contributed by atoms with Crippen LogP contribution in [0.1, 0.15) is 5.56 Å². The highest BCUT2D eigenvalue weighted by Crippen LogP contribution is 2.32. The number of rotatable bonds is 4. The summed E-state index contributed by atoms with van der Waals surface area (Å²) in [4.78, 5) is 15.0. The molecule has 0 spiro atoms. The van der Waals surface area contributed by atoms with Crippen molar-refractivity contribution in [1.82, 2.24) is 4.90 Å². The summed E-state index contributed by atoms with van der Waals surface area (Å²) in [6.07, 6.45) is 1.44. The number of ether oxygens (including phenoxy) is 2. The lowest BCUT2D eigenvalue weighted by molar-refractivity contribution is 0.0658. The molecular weight excluding hydrogens is 337 g/mol. The maximum Gasteiger partial charge on any atom is 0.200 e. The van der Waals surface area contributed by atoms with E-state index in [1.165, 1.54) is 18.4 Å². The third-order valence-corrected chi connectivity index (χ3v) is 4.55. The number of hydrogen-bond acceptors (Lipinski definition) is 5. The van der Waals surface area contributed by atoms with Crippen molar-refractivity contribution in [1.29, 1.82) is 0 Å². The fourth-order valence-electron chi connectivity index (χ4n) is 3.15. The Kier molecular flexibility index (Phi) is 4.44. The molecule has 0 radical (unpaired) electrons. The molecule has 0 atom stereocenters. The molecule has 4 rings (SSSR count). The average Bonchev–Trinajstić information content (AvgIpc) is 2.67. The van der Waals surface area contributed by atoms with Crippen LogP contribution in [0.2, 0.25) is 0 Å². The molecule has 1 aliphatic heterocycles. The Morgan fingerprint density at radius 1 is 1.19 bits per heavy atom. The topological polar surface area (TPSA) is 51.9 Å². The number of methoxy groups -OCH3 is 1. The lowest BCUT2D eigenvalue weighted by Crippen LogP contribution is -2.34. The fraction of sp³-hybridized carbons (Fsp3) is 0.250. The van der Waals surface area contributed by atoms with Crippen LogP contribution in [-0.4, -0.2) is 31.9 Å². The van der Waals surface area contributed by atoms with E-state index < -0.39 is 0 Å². The van der Waals surface area contributed by atoms with Crippen LogP contribution in [0, 0.1) is 5.82 Å². The summed E-state index contributed by atoms with van der Waals surface area (Å²) in [5.74, 6) is 0.380. The van der Waals surface area contributed by atoms with E-state index in [1.807, 2.05) is 0 Å². The first kappa shape index (κ1) is 16.8. The average molecular weight is 355 g/mol. The second-order valence-electron chi connectivity index (χ2n) is 6.22. The van der Waals surface area contributed by atoms with Gasteiger partial charge in [0.15, 0.2) is 0 Å². The summed E-state index contributed by atoms with van der Waals surface area (Å²) in [7, 11) is 1.66. The Balaban J connectivity index is 1.78. The highest BCUT2D eigenvalue weighted by molar-refractivity contribution is 5.85. The first-order chi connectivity index (χ1) is 12.7. The molecule has 1 aromatic heterocycles. The van der Waals surface area contributed by atoms with E-state index in [1.54, 1.807) is 31.4 Å². The van der Waals surface area contributed by atoms with Crippen LogP contribution in [0.25, 0.3) is 22.1 Å². The van der Waals surface area contributed by atoms with Gasteiger partial charge in [0.05, 0.1) is 23.1 Å². The van der Waals surface area contributed by atoms with Gasteiger partial charge in [-0.3, -0.25) is 9.69 Å². The van der Waals surface area contributed by atoms with Gasteiger partial charge in [0.1, 0.15) is 30.1 Å². The molecule has 0 amide bonds. The molecule has 0 saturated carbocycles. The molecule has 6 heteroatoms. The normalized spacial score (nSPS) is 14.2. The number of hydrogen-bond donors (Lipinski definition) is 0. The maximum atomic E-state index is 13.1. The molecule has 0 fully saturated rings. The Morgan fingerprint density at radius 3 is 2.77 bits per heavy atom. The standard InChI is InChI=1S/C20H18FNO4/c1-24-9-8-22-10-16-18(26-12-22)7-6-15-19(23)17(11-25-20(15)16)13-2-4-14(21)5-3-13/h2-7,11H,8-10,12H2,1H3. The molecule has 0 saturated heterocycles. The van der Waals surface area contributed by atoms with Crippen LogP contribution in [-0.2, 0) is 11.3 Å². The van der Waals surface area contributed by atoms with E-state index in [0.29, 0.717) is 42.0 Å². The van der Waals surface area contributed by atoms with Crippen LogP contribution in [0.3, 0.4) is 0 Å². The van der Waals surface area contributed by atoms with Gasteiger partial charge in [0, 0.05) is 20.2 Å². The zero-order valence-corrected chi connectivity index (χ0v) is 14.3. The third kappa shape index (κ3) is 2.98. The Morgan fingerprint density at radius 2 is 2.00 bits per heavy atom. The molecule has 0 bridgehead atoms. The second kappa shape index (κ2) is 6.90. The van der Waals surface area contributed by atoms with Gasteiger partial charge in [0.2, 0.25) is 5.43 Å². The lowest BCUT2D eigenvalue weighted by atomic mass is 10.0. The zero-order valence-electron chi connectivity index (χ0n) is 14.3. The van der Waals surface area contributed by atoms with Gasteiger partial charge in [-0.1, -0.05) is 12.1 Å². The Labute approximate surface area is 149 Å². The molecular formula is C20H18FNO4. The first-order valence-corrected chi connectivity index (χ1v) is 8.35. The Bertz CT molecular complexity index is 997. The lowest BCUT2D eigenvalue weighted by Gasteiger charge is -2.28. The molecule has 3 aromatic rings. The van der Waals surface area contributed by atoms with Gasteiger partial charge in [-0.25, -0.2) is 4.39 Å². The fourth-order valence-corrected chi connectivity index (χ4v) is 3.15. The minimum Gasteiger partial charge on any atom is -0.478 e. The maximum absolute atomic E-state index is 13.1. The van der Waals surface area contributed by atoms with Crippen molar-refractivity contribution in [2.24, 2.45) is 0 Å². The van der Waals surface area contributed by atoms with Crippen LogP contribution < -0.4 is 10.2 Å². The van der Waals surface area contributed by atoms with E-state index in [4.69, 9.17) is 13.9 Å². The van der Waals surface area contributed by atoms with E-state index in [9.17, 15) is 9.18 Å². The molecule has 0 aliphatic carbocycles. The number of benzene rings is 2. The summed E-state index contributed by atoms with van der Waals surface area (Å²) in [6.45, 7) is 2.42. The molecule has 2 heterocycles. The Hall–Kier alpha value is -2.70. The minimum atomic E-state index is -0.346. The van der Waals surface area contributed by atoms with Crippen LogP contribution in [0.4, 0.5) is 4.39 Å². The predicted octanol–water partition coefficient (Wildman–Crippen LogP) is 3.40. The summed E-state index contributed by atoms with van der Waals surface area (Å²) >= 11 is 0. The number of fused-ring (bicyclic) bond motifs is 3. The van der Waals surface area contributed by atoms with E-state index >= 15 is 0 Å². The van der Waals surface area contributed by atoms with Gasteiger partial charge in [-0.05, 0) is 29.8 Å². The smallest absolute Gasteiger partial charge is 0.200 e. The summed E-state index contributed by atoms with van der Waals surface area (Å²) in [6, 6.07) is 9.32.